The molecule has 2 aromatic carbocycles. The molecule has 7 nitrogen and oxygen atoms in total. The van der Waals surface area contributed by atoms with Gasteiger partial charge < -0.3 is 20.1 Å². The number of nitrogens with zero attached hydrogens (tertiary/aromatic N) is 3. The molecule has 2 N–H and O–H groups in total. The van der Waals surface area contributed by atoms with Crippen LogP contribution in [0.5, 0.6) is 11.5 Å². The molecule has 0 aliphatic carbocycles. The van der Waals surface area contributed by atoms with Gasteiger partial charge in [-0.25, -0.2) is 0 Å². The lowest BCUT2D eigenvalue weighted by Crippen LogP contribution is -2.04. The van der Waals surface area contributed by atoms with Gasteiger partial charge in [0.05, 0.1) is 26.1 Å². The summed E-state index contributed by atoms with van der Waals surface area (Å²) < 4.78 is 10.6. The first kappa shape index (κ1) is 17.5. The van der Waals surface area contributed by atoms with E-state index >= 15 is 0 Å². The second kappa shape index (κ2) is 7.69. The van der Waals surface area contributed by atoms with E-state index in [9.17, 15) is 0 Å². The zero-order valence-electron chi connectivity index (χ0n) is 15.2. The summed E-state index contributed by atoms with van der Waals surface area (Å²) in [4.78, 5) is 4.48. The molecular weight excluding hydrogens is 330 g/mol. The lowest BCUT2D eigenvalue weighted by Gasteiger charge is -2.13. The maximum Gasteiger partial charge on any atom is 0.249 e. The molecule has 0 amide bonds. The quantitative estimate of drug-likeness (QED) is 0.695. The zero-order chi connectivity index (χ0) is 18.5. The Hall–Kier alpha value is -3.35. The van der Waals surface area contributed by atoms with E-state index in [4.69, 9.17) is 9.47 Å². The molecule has 134 valence electrons. The highest BCUT2D eigenvalue weighted by atomic mass is 16.5. The van der Waals surface area contributed by atoms with Crippen LogP contribution in [0.3, 0.4) is 0 Å². The van der Waals surface area contributed by atoms with E-state index in [1.807, 2.05) is 50.2 Å². The van der Waals surface area contributed by atoms with Crippen LogP contribution in [0.2, 0.25) is 0 Å². The minimum absolute atomic E-state index is 0.354. The Labute approximate surface area is 152 Å². The minimum Gasteiger partial charge on any atom is -0.497 e. The molecule has 0 unspecified atom stereocenters. The van der Waals surface area contributed by atoms with Crippen LogP contribution in [-0.2, 0) is 0 Å². The number of anilines is 4. The SMILES string of the molecule is COc1ccc(OC)c(Nc2nncc(Nc3c(C)cccc3C)n2)c1. The van der Waals surface area contributed by atoms with E-state index in [0.29, 0.717) is 29.0 Å². The van der Waals surface area contributed by atoms with Crippen molar-refractivity contribution in [2.24, 2.45) is 0 Å². The van der Waals surface area contributed by atoms with Crippen LogP contribution < -0.4 is 20.1 Å². The molecule has 1 aromatic heterocycles. The third-order valence-corrected chi connectivity index (χ3v) is 3.95. The van der Waals surface area contributed by atoms with Gasteiger partial charge in [-0.2, -0.15) is 10.1 Å². The van der Waals surface area contributed by atoms with E-state index in [1.54, 1.807) is 20.4 Å². The largest absolute Gasteiger partial charge is 0.497 e. The van der Waals surface area contributed by atoms with Crippen molar-refractivity contribution in [3.8, 4) is 11.5 Å². The maximum absolute atomic E-state index is 5.36. The number of hydrogen-bond donors (Lipinski definition) is 2. The molecule has 0 aliphatic heterocycles. The Kier molecular flexibility index (Phi) is 5.17. The lowest BCUT2D eigenvalue weighted by atomic mass is 10.1. The zero-order valence-corrected chi connectivity index (χ0v) is 15.2. The van der Waals surface area contributed by atoms with Crippen molar-refractivity contribution in [2.45, 2.75) is 13.8 Å². The Balaban J connectivity index is 1.86. The molecular formula is C19H21N5O2. The Morgan fingerprint density at radius 1 is 0.923 bits per heavy atom. The van der Waals surface area contributed by atoms with Crippen molar-refractivity contribution in [1.82, 2.24) is 15.2 Å². The van der Waals surface area contributed by atoms with Crippen molar-refractivity contribution in [2.75, 3.05) is 24.9 Å². The van der Waals surface area contributed by atoms with Gasteiger partial charge in [0.15, 0.2) is 5.82 Å². The number of rotatable bonds is 6. The highest BCUT2D eigenvalue weighted by Crippen LogP contribution is 2.31. The lowest BCUT2D eigenvalue weighted by molar-refractivity contribution is 0.405. The summed E-state index contributed by atoms with van der Waals surface area (Å²) in [6, 6.07) is 11.6. The average molecular weight is 351 g/mol. The topological polar surface area (TPSA) is 81.2 Å². The van der Waals surface area contributed by atoms with Crippen molar-refractivity contribution in [3.05, 3.63) is 53.7 Å². The van der Waals surface area contributed by atoms with Crippen LogP contribution >= 0.6 is 0 Å². The molecule has 0 bridgehead atoms. The predicted molar refractivity (Wildman–Crippen MR) is 102 cm³/mol. The van der Waals surface area contributed by atoms with Gasteiger partial charge in [-0.15, -0.1) is 5.10 Å². The minimum atomic E-state index is 0.354. The number of nitrogens with one attached hydrogen (secondary N) is 2. The number of para-hydroxylation sites is 1. The number of ether oxygens (including phenoxy) is 2. The second-order valence-corrected chi connectivity index (χ2v) is 5.75. The Bertz CT molecular complexity index is 894. The summed E-state index contributed by atoms with van der Waals surface area (Å²) in [6.07, 6.45) is 1.58. The number of aromatic nitrogens is 3. The third kappa shape index (κ3) is 3.83. The number of methoxy groups -OCH3 is 2. The van der Waals surface area contributed by atoms with Gasteiger partial charge in [0.25, 0.3) is 0 Å². The Morgan fingerprint density at radius 2 is 1.69 bits per heavy atom. The van der Waals surface area contributed by atoms with Crippen LogP contribution in [0.1, 0.15) is 11.1 Å². The molecule has 7 heteroatoms. The molecule has 0 radical (unpaired) electrons. The van der Waals surface area contributed by atoms with E-state index in [1.165, 1.54) is 0 Å². The number of hydrogen-bond acceptors (Lipinski definition) is 7. The molecule has 3 rings (SSSR count). The first-order valence-electron chi connectivity index (χ1n) is 8.12. The normalized spacial score (nSPS) is 10.3. The van der Waals surface area contributed by atoms with Gasteiger partial charge >= 0.3 is 0 Å². The van der Waals surface area contributed by atoms with Crippen molar-refractivity contribution >= 4 is 23.1 Å². The summed E-state index contributed by atoms with van der Waals surface area (Å²) in [5, 5.41) is 14.5. The van der Waals surface area contributed by atoms with Crippen LogP contribution in [0.25, 0.3) is 0 Å². The van der Waals surface area contributed by atoms with Gasteiger partial charge in [-0.1, -0.05) is 18.2 Å². The van der Waals surface area contributed by atoms with E-state index in [-0.39, 0.29) is 0 Å². The molecule has 26 heavy (non-hydrogen) atoms. The summed E-state index contributed by atoms with van der Waals surface area (Å²) >= 11 is 0. The molecule has 0 aliphatic rings. The van der Waals surface area contributed by atoms with Gasteiger partial charge in [0.1, 0.15) is 11.5 Å². The highest BCUT2D eigenvalue weighted by Gasteiger charge is 2.09. The summed E-state index contributed by atoms with van der Waals surface area (Å²) in [7, 11) is 3.21. The first-order valence-corrected chi connectivity index (χ1v) is 8.12. The number of benzene rings is 2. The maximum atomic E-state index is 5.36. The second-order valence-electron chi connectivity index (χ2n) is 5.75. The Morgan fingerprint density at radius 3 is 2.38 bits per heavy atom. The van der Waals surface area contributed by atoms with Crippen LogP contribution in [0, 0.1) is 13.8 Å². The van der Waals surface area contributed by atoms with Gasteiger partial charge in [-0.3, -0.25) is 0 Å². The first-order chi connectivity index (χ1) is 12.6. The van der Waals surface area contributed by atoms with Crippen LogP contribution in [0.4, 0.5) is 23.1 Å². The standard InChI is InChI=1S/C19H21N5O2/c1-12-6-5-7-13(2)18(12)22-17-11-20-24-19(23-17)21-15-10-14(25-3)8-9-16(15)26-4/h5-11H,1-4H3,(H2,21,22,23,24). The monoisotopic (exact) mass is 351 g/mol. The molecule has 0 fully saturated rings. The fourth-order valence-electron chi connectivity index (χ4n) is 2.59. The third-order valence-electron chi connectivity index (χ3n) is 3.95. The molecule has 3 aromatic rings. The smallest absolute Gasteiger partial charge is 0.249 e. The van der Waals surface area contributed by atoms with E-state index in [0.717, 1.165) is 16.8 Å². The summed E-state index contributed by atoms with van der Waals surface area (Å²) in [6.45, 7) is 4.09. The van der Waals surface area contributed by atoms with Crippen LogP contribution in [0.15, 0.2) is 42.6 Å². The fraction of sp³-hybridized carbons (Fsp3) is 0.211. The van der Waals surface area contributed by atoms with Crippen molar-refractivity contribution < 1.29 is 9.47 Å². The summed E-state index contributed by atoms with van der Waals surface area (Å²) in [5.41, 5.74) is 3.97. The van der Waals surface area contributed by atoms with Crippen molar-refractivity contribution in [1.29, 1.82) is 0 Å². The van der Waals surface area contributed by atoms with Crippen LogP contribution in [-0.4, -0.2) is 29.4 Å². The van der Waals surface area contributed by atoms with Gasteiger partial charge in [0, 0.05) is 11.8 Å². The van der Waals surface area contributed by atoms with Gasteiger partial charge in [-0.05, 0) is 37.1 Å². The van der Waals surface area contributed by atoms with Crippen molar-refractivity contribution in [3.63, 3.8) is 0 Å². The predicted octanol–water partition coefficient (Wildman–Crippen LogP) is 3.99. The highest BCUT2D eigenvalue weighted by molar-refractivity contribution is 5.67. The van der Waals surface area contributed by atoms with E-state index in [2.05, 4.69) is 25.8 Å². The molecule has 0 atom stereocenters. The van der Waals surface area contributed by atoms with Gasteiger partial charge in [0.2, 0.25) is 5.95 Å². The fourth-order valence-corrected chi connectivity index (χ4v) is 2.59. The van der Waals surface area contributed by atoms with E-state index < -0.39 is 0 Å². The molecule has 0 saturated carbocycles. The molecule has 0 spiro atoms. The number of aryl methyl sites for hydroxylation is 2. The average Bonchev–Trinajstić information content (AvgIpc) is 2.65. The summed E-state index contributed by atoms with van der Waals surface area (Å²) in [5.74, 6) is 2.31. The molecule has 0 saturated heterocycles. The molecule has 1 heterocycles.